The van der Waals surface area contributed by atoms with Crippen LogP contribution in [0.1, 0.15) is 23.1 Å². The largest absolute Gasteiger partial charge is 0.324 e. The number of amides is 3. The lowest BCUT2D eigenvalue weighted by Gasteiger charge is -2.29. The Morgan fingerprint density at radius 2 is 1.84 bits per heavy atom. The van der Waals surface area contributed by atoms with E-state index in [4.69, 9.17) is 0 Å². The fourth-order valence-corrected chi connectivity index (χ4v) is 6.06. The number of anilines is 1. The summed E-state index contributed by atoms with van der Waals surface area (Å²) in [7, 11) is 0. The topological polar surface area (TPSA) is 78.5 Å². The van der Waals surface area contributed by atoms with Crippen LogP contribution in [0.15, 0.2) is 48.5 Å². The van der Waals surface area contributed by atoms with Crippen LogP contribution in [0.3, 0.4) is 0 Å². The molecule has 0 bridgehead atoms. The van der Waals surface area contributed by atoms with Gasteiger partial charge in [-0.05, 0) is 43.4 Å². The van der Waals surface area contributed by atoms with E-state index in [-0.39, 0.29) is 23.8 Å². The number of nitrogens with one attached hydrogen (secondary N) is 2. The maximum atomic E-state index is 13.7. The molecule has 166 valence electrons. The third kappa shape index (κ3) is 3.10. The van der Waals surface area contributed by atoms with Crippen molar-refractivity contribution >= 4 is 35.2 Å². The summed E-state index contributed by atoms with van der Waals surface area (Å²) < 4.78 is 0. The summed E-state index contributed by atoms with van der Waals surface area (Å²) in [4.78, 5) is 42.1. The van der Waals surface area contributed by atoms with E-state index in [2.05, 4.69) is 10.6 Å². The lowest BCUT2D eigenvalue weighted by Crippen LogP contribution is -2.53. The third-order valence-electron chi connectivity index (χ3n) is 7.06. The van der Waals surface area contributed by atoms with Crippen LogP contribution < -0.4 is 10.6 Å². The second kappa shape index (κ2) is 8.05. The number of likely N-dealkylation sites (tertiary alicyclic amines) is 1. The van der Waals surface area contributed by atoms with Gasteiger partial charge in [-0.3, -0.25) is 24.6 Å². The molecule has 2 N–H and O–H groups in total. The number of benzene rings is 2. The first-order valence-corrected chi connectivity index (χ1v) is 12.4. The molecule has 3 aliphatic rings. The summed E-state index contributed by atoms with van der Waals surface area (Å²) in [6.45, 7) is 2.31. The normalized spacial score (nSPS) is 28.4. The first kappa shape index (κ1) is 21.2. The lowest BCUT2D eigenvalue weighted by molar-refractivity contribution is -0.142. The molecule has 32 heavy (non-hydrogen) atoms. The van der Waals surface area contributed by atoms with E-state index < -0.39 is 17.4 Å². The summed E-state index contributed by atoms with van der Waals surface area (Å²) >= 11 is 1.70. The smallest absolute Gasteiger partial charge is 0.250 e. The van der Waals surface area contributed by atoms with Gasteiger partial charge in [-0.2, -0.15) is 11.8 Å². The highest BCUT2D eigenvalue weighted by atomic mass is 32.2. The van der Waals surface area contributed by atoms with E-state index in [1.54, 1.807) is 11.8 Å². The van der Waals surface area contributed by atoms with Crippen LogP contribution in [0, 0.1) is 18.8 Å². The van der Waals surface area contributed by atoms with Crippen LogP contribution in [-0.2, 0) is 26.3 Å². The first-order valence-electron chi connectivity index (χ1n) is 11.1. The van der Waals surface area contributed by atoms with Gasteiger partial charge in [0.1, 0.15) is 5.54 Å². The molecular weight excluding hydrogens is 422 g/mol. The van der Waals surface area contributed by atoms with Crippen molar-refractivity contribution in [3.63, 3.8) is 0 Å². The number of carbonyl (C=O) groups is 3. The summed E-state index contributed by atoms with van der Waals surface area (Å²) in [5.74, 6) is -1.01. The van der Waals surface area contributed by atoms with Gasteiger partial charge in [0, 0.05) is 23.8 Å². The second-order valence-corrected chi connectivity index (χ2v) is 9.90. The molecule has 0 unspecified atom stereocenters. The zero-order valence-corrected chi connectivity index (χ0v) is 19.1. The molecule has 0 aromatic heterocycles. The van der Waals surface area contributed by atoms with E-state index in [1.807, 2.05) is 61.7 Å². The molecule has 3 aliphatic heterocycles. The Labute approximate surface area is 192 Å². The Kier molecular flexibility index (Phi) is 5.34. The molecule has 0 aliphatic carbocycles. The molecule has 2 saturated heterocycles. The number of aryl methyl sites for hydroxylation is 1. The molecule has 2 fully saturated rings. The highest BCUT2D eigenvalue weighted by molar-refractivity contribution is 7.98. The molecule has 0 radical (unpaired) electrons. The van der Waals surface area contributed by atoms with Crippen molar-refractivity contribution < 1.29 is 14.4 Å². The van der Waals surface area contributed by atoms with Gasteiger partial charge in [0.15, 0.2) is 0 Å². The molecule has 0 saturated carbocycles. The number of nitrogens with zero attached hydrogens (tertiary/aromatic N) is 1. The first-order chi connectivity index (χ1) is 15.5. The molecule has 2 aromatic rings. The molecule has 3 amide bonds. The highest BCUT2D eigenvalue weighted by Gasteiger charge is 2.70. The molecule has 4 atom stereocenters. The van der Waals surface area contributed by atoms with Crippen LogP contribution in [0.4, 0.5) is 5.69 Å². The average Bonchev–Trinajstić information content (AvgIpc) is 3.37. The van der Waals surface area contributed by atoms with Gasteiger partial charge in [-0.15, -0.1) is 0 Å². The van der Waals surface area contributed by atoms with Gasteiger partial charge in [0.05, 0.1) is 11.8 Å². The number of carbonyl (C=O) groups excluding carboxylic acids is 3. The molecule has 5 rings (SSSR count). The van der Waals surface area contributed by atoms with Crippen LogP contribution >= 0.6 is 11.8 Å². The number of hydrogen-bond acceptors (Lipinski definition) is 5. The van der Waals surface area contributed by atoms with Crippen LogP contribution in [0.2, 0.25) is 0 Å². The Morgan fingerprint density at radius 1 is 1.06 bits per heavy atom. The van der Waals surface area contributed by atoms with Crippen molar-refractivity contribution in [2.45, 2.75) is 31.3 Å². The van der Waals surface area contributed by atoms with Gasteiger partial charge in [0.2, 0.25) is 17.7 Å². The van der Waals surface area contributed by atoms with E-state index in [0.29, 0.717) is 13.0 Å². The number of fused-ring (bicyclic) bond motifs is 4. The molecule has 7 heteroatoms. The van der Waals surface area contributed by atoms with Gasteiger partial charge in [-0.1, -0.05) is 48.0 Å². The average molecular weight is 450 g/mol. The molecule has 2 aromatic carbocycles. The fourth-order valence-electron chi connectivity index (χ4n) is 5.57. The second-order valence-electron chi connectivity index (χ2n) is 8.91. The number of imide groups is 1. The van der Waals surface area contributed by atoms with E-state index in [0.717, 1.165) is 34.6 Å². The highest BCUT2D eigenvalue weighted by Crippen LogP contribution is 2.53. The number of rotatable bonds is 6. The Hall–Kier alpha value is -2.64. The predicted octanol–water partition coefficient (Wildman–Crippen LogP) is 2.71. The molecule has 3 heterocycles. The Bertz CT molecular complexity index is 1090. The number of thioether (sulfide) groups is 1. The van der Waals surface area contributed by atoms with Crippen molar-refractivity contribution in [3.05, 3.63) is 65.2 Å². The summed E-state index contributed by atoms with van der Waals surface area (Å²) in [5, 5.41) is 6.46. The zero-order chi connectivity index (χ0) is 22.5. The molecular formula is C25H27N3O3S. The predicted molar refractivity (Wildman–Crippen MR) is 125 cm³/mol. The van der Waals surface area contributed by atoms with Crippen molar-refractivity contribution in [1.82, 2.24) is 10.2 Å². The Morgan fingerprint density at radius 3 is 2.59 bits per heavy atom. The van der Waals surface area contributed by atoms with E-state index >= 15 is 0 Å². The summed E-state index contributed by atoms with van der Waals surface area (Å²) in [6.07, 6.45) is 3.36. The summed E-state index contributed by atoms with van der Waals surface area (Å²) in [5.41, 5.74) is 2.42. The van der Waals surface area contributed by atoms with Crippen molar-refractivity contribution in [3.8, 4) is 0 Å². The van der Waals surface area contributed by atoms with Gasteiger partial charge >= 0.3 is 0 Å². The van der Waals surface area contributed by atoms with E-state index in [9.17, 15) is 14.4 Å². The SMILES string of the molecule is CSCC[C@H]1N[C@]2(C(=O)Nc3ccc(C)cc32)[C@H]2C(=O)N(CCc3ccccc3)C(=O)[C@H]12. The minimum absolute atomic E-state index is 0.152. The van der Waals surface area contributed by atoms with Crippen molar-refractivity contribution in [2.24, 2.45) is 11.8 Å². The minimum Gasteiger partial charge on any atom is -0.324 e. The Balaban J connectivity index is 1.53. The molecule has 1 spiro atoms. The zero-order valence-electron chi connectivity index (χ0n) is 18.3. The van der Waals surface area contributed by atoms with Gasteiger partial charge < -0.3 is 5.32 Å². The monoisotopic (exact) mass is 449 g/mol. The van der Waals surface area contributed by atoms with Crippen LogP contribution in [0.5, 0.6) is 0 Å². The van der Waals surface area contributed by atoms with Crippen LogP contribution in [0.25, 0.3) is 0 Å². The fraction of sp³-hybridized carbons (Fsp3) is 0.400. The lowest BCUT2D eigenvalue weighted by atomic mass is 9.76. The maximum absolute atomic E-state index is 13.7. The van der Waals surface area contributed by atoms with Crippen molar-refractivity contribution in [1.29, 1.82) is 0 Å². The minimum atomic E-state index is -1.19. The standard InChI is InChI=1S/C25H27N3O3S/c1-15-8-9-18-17(14-15)25(24(31)26-18)21-20(19(27-25)11-13-32-2)22(29)28(23(21)30)12-10-16-6-4-3-5-7-16/h3-9,14,19-21,27H,10-13H2,1-2H3,(H,26,31)/t19-,20-,21-,25+/m1/s1. The maximum Gasteiger partial charge on any atom is 0.250 e. The van der Waals surface area contributed by atoms with Crippen molar-refractivity contribution in [2.75, 3.05) is 23.9 Å². The third-order valence-corrected chi connectivity index (χ3v) is 7.71. The molecule has 6 nitrogen and oxygen atoms in total. The number of hydrogen-bond donors (Lipinski definition) is 2. The van der Waals surface area contributed by atoms with E-state index in [1.165, 1.54) is 4.90 Å². The van der Waals surface area contributed by atoms with Crippen LogP contribution in [-0.4, -0.2) is 47.2 Å². The summed E-state index contributed by atoms with van der Waals surface area (Å²) in [6, 6.07) is 15.4. The van der Waals surface area contributed by atoms with Gasteiger partial charge in [0.25, 0.3) is 0 Å². The van der Waals surface area contributed by atoms with Gasteiger partial charge in [-0.25, -0.2) is 0 Å². The quantitative estimate of drug-likeness (QED) is 0.663.